The molecule has 0 bridgehead atoms. The van der Waals surface area contributed by atoms with Crippen molar-refractivity contribution in [3.8, 4) is 0 Å². The van der Waals surface area contributed by atoms with Gasteiger partial charge in [0.05, 0.1) is 10.2 Å². The van der Waals surface area contributed by atoms with E-state index in [0.717, 1.165) is 36.8 Å². The third-order valence-electron chi connectivity index (χ3n) is 3.28. The minimum atomic E-state index is 0.166. The van der Waals surface area contributed by atoms with Crippen LogP contribution in [0.3, 0.4) is 0 Å². The van der Waals surface area contributed by atoms with Gasteiger partial charge in [-0.15, -0.1) is 0 Å². The van der Waals surface area contributed by atoms with E-state index in [0.29, 0.717) is 0 Å². The molecule has 1 aliphatic heterocycles. The molecule has 2 aromatic rings. The van der Waals surface area contributed by atoms with E-state index in [9.17, 15) is 4.79 Å². The minimum absolute atomic E-state index is 0.166. The summed E-state index contributed by atoms with van der Waals surface area (Å²) in [6.07, 6.45) is 0. The van der Waals surface area contributed by atoms with Crippen LogP contribution in [0.1, 0.15) is 6.92 Å². The number of rotatable bonds is 1. The Morgan fingerprint density at radius 2 is 1.94 bits per heavy atom. The number of amides is 1. The van der Waals surface area contributed by atoms with Crippen LogP contribution in [0.15, 0.2) is 24.3 Å². The number of carbonyl (C=O) groups excluding carboxylic acids is 1. The van der Waals surface area contributed by atoms with E-state index in [-0.39, 0.29) is 5.91 Å². The summed E-state index contributed by atoms with van der Waals surface area (Å²) in [6, 6.07) is 8.20. The molecule has 0 aliphatic carbocycles. The molecule has 1 aromatic heterocycles. The first-order valence-corrected chi connectivity index (χ1v) is 6.92. The molecular weight excluding hydrogens is 246 g/mol. The van der Waals surface area contributed by atoms with Crippen LogP contribution in [0.4, 0.5) is 5.13 Å². The fourth-order valence-electron chi connectivity index (χ4n) is 2.21. The minimum Gasteiger partial charge on any atom is -0.345 e. The van der Waals surface area contributed by atoms with Crippen LogP contribution in [0, 0.1) is 0 Å². The van der Waals surface area contributed by atoms with E-state index in [1.807, 2.05) is 23.1 Å². The number of benzene rings is 1. The Hall–Kier alpha value is -1.62. The van der Waals surface area contributed by atoms with Gasteiger partial charge >= 0.3 is 0 Å². The topological polar surface area (TPSA) is 36.4 Å². The van der Waals surface area contributed by atoms with Gasteiger partial charge in [-0.2, -0.15) is 0 Å². The molecule has 0 radical (unpaired) electrons. The van der Waals surface area contributed by atoms with E-state index in [1.165, 1.54) is 4.70 Å². The summed E-state index contributed by atoms with van der Waals surface area (Å²) < 4.78 is 1.22. The molecule has 94 valence electrons. The molecule has 5 heteroatoms. The second-order valence-corrected chi connectivity index (χ2v) is 5.47. The Bertz CT molecular complexity index is 539. The van der Waals surface area contributed by atoms with E-state index in [2.05, 4.69) is 16.0 Å². The van der Waals surface area contributed by atoms with Crippen LogP contribution in [0.5, 0.6) is 0 Å². The number of anilines is 1. The van der Waals surface area contributed by atoms with Gasteiger partial charge in [-0.1, -0.05) is 23.5 Å². The van der Waals surface area contributed by atoms with Crippen molar-refractivity contribution < 1.29 is 4.79 Å². The summed E-state index contributed by atoms with van der Waals surface area (Å²) in [5.41, 5.74) is 1.06. The molecule has 1 aliphatic rings. The van der Waals surface area contributed by atoms with Crippen LogP contribution < -0.4 is 4.90 Å². The Kier molecular flexibility index (Phi) is 2.91. The first-order chi connectivity index (χ1) is 8.74. The maximum Gasteiger partial charge on any atom is 0.219 e. The first kappa shape index (κ1) is 11.5. The third kappa shape index (κ3) is 2.06. The Morgan fingerprint density at radius 1 is 1.22 bits per heavy atom. The number of aromatic nitrogens is 1. The van der Waals surface area contributed by atoms with E-state index < -0.39 is 0 Å². The van der Waals surface area contributed by atoms with Crippen molar-refractivity contribution in [1.82, 2.24) is 9.88 Å². The van der Waals surface area contributed by atoms with Crippen LogP contribution in [-0.2, 0) is 4.79 Å². The van der Waals surface area contributed by atoms with Gasteiger partial charge in [-0.25, -0.2) is 4.98 Å². The number of nitrogens with zero attached hydrogens (tertiary/aromatic N) is 3. The highest BCUT2D eigenvalue weighted by molar-refractivity contribution is 7.22. The molecule has 0 spiro atoms. The fourth-order valence-corrected chi connectivity index (χ4v) is 3.23. The quantitative estimate of drug-likeness (QED) is 0.787. The lowest BCUT2D eigenvalue weighted by atomic mass is 10.3. The van der Waals surface area contributed by atoms with Crippen molar-refractivity contribution in [3.05, 3.63) is 24.3 Å². The van der Waals surface area contributed by atoms with Crippen LogP contribution in [0.2, 0.25) is 0 Å². The van der Waals surface area contributed by atoms with Crippen LogP contribution in [0.25, 0.3) is 10.2 Å². The third-order valence-corrected chi connectivity index (χ3v) is 4.38. The van der Waals surface area contributed by atoms with Gasteiger partial charge in [-0.3, -0.25) is 4.79 Å². The number of hydrogen-bond acceptors (Lipinski definition) is 4. The molecule has 18 heavy (non-hydrogen) atoms. The van der Waals surface area contributed by atoms with Crippen molar-refractivity contribution in [1.29, 1.82) is 0 Å². The van der Waals surface area contributed by atoms with Gasteiger partial charge in [-0.05, 0) is 12.1 Å². The number of carbonyl (C=O) groups is 1. The fraction of sp³-hybridized carbons (Fsp3) is 0.385. The lowest BCUT2D eigenvalue weighted by molar-refractivity contribution is -0.129. The van der Waals surface area contributed by atoms with Crippen molar-refractivity contribution in [2.24, 2.45) is 0 Å². The largest absolute Gasteiger partial charge is 0.345 e. The monoisotopic (exact) mass is 261 g/mol. The van der Waals surface area contributed by atoms with E-state index >= 15 is 0 Å². The first-order valence-electron chi connectivity index (χ1n) is 6.10. The van der Waals surface area contributed by atoms with E-state index in [4.69, 9.17) is 0 Å². The Labute approximate surface area is 110 Å². The predicted molar refractivity (Wildman–Crippen MR) is 74.1 cm³/mol. The summed E-state index contributed by atoms with van der Waals surface area (Å²) in [5.74, 6) is 0.166. The lowest BCUT2D eigenvalue weighted by Crippen LogP contribution is -2.48. The average molecular weight is 261 g/mol. The average Bonchev–Trinajstić information content (AvgIpc) is 2.82. The van der Waals surface area contributed by atoms with Crippen LogP contribution >= 0.6 is 11.3 Å². The lowest BCUT2D eigenvalue weighted by Gasteiger charge is -2.33. The predicted octanol–water partition coefficient (Wildman–Crippen LogP) is 1.96. The summed E-state index contributed by atoms with van der Waals surface area (Å²) in [7, 11) is 0. The second-order valence-electron chi connectivity index (χ2n) is 4.46. The highest BCUT2D eigenvalue weighted by atomic mass is 32.1. The molecule has 3 rings (SSSR count). The Morgan fingerprint density at radius 3 is 2.61 bits per heavy atom. The number of thiazole rings is 1. The zero-order chi connectivity index (χ0) is 12.5. The molecule has 2 heterocycles. The zero-order valence-electron chi connectivity index (χ0n) is 10.3. The highest BCUT2D eigenvalue weighted by Crippen LogP contribution is 2.28. The highest BCUT2D eigenvalue weighted by Gasteiger charge is 2.20. The molecule has 4 nitrogen and oxygen atoms in total. The van der Waals surface area contributed by atoms with Gasteiger partial charge in [0, 0.05) is 33.1 Å². The maximum absolute atomic E-state index is 11.3. The molecule has 1 fully saturated rings. The molecule has 0 saturated carbocycles. The van der Waals surface area contributed by atoms with Crippen molar-refractivity contribution in [3.63, 3.8) is 0 Å². The molecule has 0 unspecified atom stereocenters. The van der Waals surface area contributed by atoms with Crippen LogP contribution in [-0.4, -0.2) is 42.0 Å². The summed E-state index contributed by atoms with van der Waals surface area (Å²) in [4.78, 5) is 20.1. The van der Waals surface area contributed by atoms with Gasteiger partial charge in [0.1, 0.15) is 0 Å². The SMILES string of the molecule is CC(=O)N1CCN(c2nc3ccccc3s2)CC1. The number of para-hydroxylation sites is 1. The summed E-state index contributed by atoms with van der Waals surface area (Å²) >= 11 is 1.72. The summed E-state index contributed by atoms with van der Waals surface area (Å²) in [5, 5.41) is 1.07. The van der Waals surface area contributed by atoms with E-state index in [1.54, 1.807) is 18.3 Å². The van der Waals surface area contributed by atoms with Gasteiger partial charge in [0.2, 0.25) is 5.91 Å². The summed E-state index contributed by atoms with van der Waals surface area (Å²) in [6.45, 7) is 4.97. The van der Waals surface area contributed by atoms with Crippen molar-refractivity contribution in [2.45, 2.75) is 6.92 Å². The van der Waals surface area contributed by atoms with Gasteiger partial charge < -0.3 is 9.80 Å². The smallest absolute Gasteiger partial charge is 0.219 e. The van der Waals surface area contributed by atoms with Crippen molar-refractivity contribution >= 4 is 32.6 Å². The molecule has 0 atom stereocenters. The van der Waals surface area contributed by atoms with Crippen molar-refractivity contribution in [2.75, 3.05) is 31.1 Å². The molecule has 1 saturated heterocycles. The number of piperazine rings is 1. The van der Waals surface area contributed by atoms with Gasteiger partial charge in [0.25, 0.3) is 0 Å². The Balaban J connectivity index is 1.78. The molecular formula is C13H15N3OS. The maximum atomic E-state index is 11.3. The number of hydrogen-bond donors (Lipinski definition) is 0. The second kappa shape index (κ2) is 4.57. The zero-order valence-corrected chi connectivity index (χ0v) is 11.1. The molecule has 0 N–H and O–H groups in total. The van der Waals surface area contributed by atoms with Gasteiger partial charge in [0.15, 0.2) is 5.13 Å². The standard InChI is InChI=1S/C13H15N3OS/c1-10(17)15-6-8-16(9-7-15)13-14-11-4-2-3-5-12(11)18-13/h2-5H,6-9H2,1H3. The molecule has 1 amide bonds. The number of fused-ring (bicyclic) bond motifs is 1. The normalized spacial score (nSPS) is 16.3. The molecule has 1 aromatic carbocycles.